The summed E-state index contributed by atoms with van der Waals surface area (Å²) in [4.78, 5) is 49.5. The molecular weight excluding hydrogens is 444 g/mol. The Morgan fingerprint density at radius 3 is 2.26 bits per heavy atom. The number of nitrogens with one attached hydrogen (secondary N) is 1. The predicted octanol–water partition coefficient (Wildman–Crippen LogP) is 3.41. The number of hydrogen-bond acceptors (Lipinski definition) is 5. The molecule has 2 aromatic carbocycles. The van der Waals surface area contributed by atoms with E-state index in [0.717, 1.165) is 16.9 Å². The standard InChI is InChI=1S/C27H24N4O4/c1-35-20-9-7-18(8-10-20)21-11-12-28-24-22(17-29-23(21)24)25(32)27(34)31-15-13-30(14-16-31)26(33)19-5-3-2-4-6-19/h2-12,17,29H,13-16H2,1H3. The number of aromatic nitrogens is 2. The lowest BCUT2D eigenvalue weighted by atomic mass is 10.0. The topological polar surface area (TPSA) is 95.6 Å². The fraction of sp³-hybridized carbons (Fsp3) is 0.185. The number of aromatic amines is 1. The summed E-state index contributed by atoms with van der Waals surface area (Å²) in [7, 11) is 1.61. The minimum atomic E-state index is -0.613. The van der Waals surface area contributed by atoms with E-state index < -0.39 is 11.7 Å². The zero-order valence-corrected chi connectivity index (χ0v) is 19.2. The van der Waals surface area contributed by atoms with Crippen LogP contribution in [-0.4, -0.2) is 70.7 Å². The molecule has 1 saturated heterocycles. The van der Waals surface area contributed by atoms with Crippen LogP contribution in [0.2, 0.25) is 0 Å². The quantitative estimate of drug-likeness (QED) is 0.358. The van der Waals surface area contributed by atoms with Gasteiger partial charge in [-0.2, -0.15) is 0 Å². The molecule has 2 aromatic heterocycles. The number of carbonyl (C=O) groups excluding carboxylic acids is 3. The normalized spacial score (nSPS) is 13.6. The minimum Gasteiger partial charge on any atom is -0.497 e. The van der Waals surface area contributed by atoms with Crippen LogP contribution >= 0.6 is 0 Å². The van der Waals surface area contributed by atoms with Gasteiger partial charge in [0.15, 0.2) is 0 Å². The lowest BCUT2D eigenvalue weighted by Crippen LogP contribution is -2.52. The van der Waals surface area contributed by atoms with Crippen LogP contribution in [0.25, 0.3) is 22.2 Å². The number of hydrogen-bond donors (Lipinski definition) is 1. The Kier molecular flexibility index (Phi) is 6.01. The largest absolute Gasteiger partial charge is 0.497 e. The lowest BCUT2D eigenvalue weighted by molar-refractivity contribution is -0.127. The number of methoxy groups -OCH3 is 1. The van der Waals surface area contributed by atoms with E-state index in [4.69, 9.17) is 4.74 Å². The third-order valence-electron chi connectivity index (χ3n) is 6.28. The second-order valence-electron chi connectivity index (χ2n) is 8.29. The lowest BCUT2D eigenvalue weighted by Gasteiger charge is -2.34. The summed E-state index contributed by atoms with van der Waals surface area (Å²) in [6.07, 6.45) is 3.17. The number of nitrogens with zero attached hydrogens (tertiary/aromatic N) is 3. The van der Waals surface area contributed by atoms with Crippen LogP contribution in [-0.2, 0) is 4.79 Å². The first-order chi connectivity index (χ1) is 17.1. The van der Waals surface area contributed by atoms with E-state index >= 15 is 0 Å². The molecule has 1 aliphatic rings. The fourth-order valence-electron chi connectivity index (χ4n) is 4.34. The van der Waals surface area contributed by atoms with Gasteiger partial charge in [-0.3, -0.25) is 19.4 Å². The van der Waals surface area contributed by atoms with Gasteiger partial charge in [0.25, 0.3) is 17.6 Å². The Morgan fingerprint density at radius 2 is 1.57 bits per heavy atom. The molecule has 35 heavy (non-hydrogen) atoms. The highest BCUT2D eigenvalue weighted by Crippen LogP contribution is 2.30. The molecule has 5 rings (SSSR count). The summed E-state index contributed by atoms with van der Waals surface area (Å²) >= 11 is 0. The highest BCUT2D eigenvalue weighted by atomic mass is 16.5. The Labute approximate surface area is 202 Å². The second-order valence-corrected chi connectivity index (χ2v) is 8.29. The molecule has 1 fully saturated rings. The number of Topliss-reactive ketones (excluding diaryl/α,β-unsaturated/α-hetero) is 1. The zero-order chi connectivity index (χ0) is 24.4. The molecule has 0 bridgehead atoms. The van der Waals surface area contributed by atoms with E-state index in [1.807, 2.05) is 48.5 Å². The van der Waals surface area contributed by atoms with Gasteiger partial charge in [0, 0.05) is 49.7 Å². The molecule has 1 aliphatic heterocycles. The van der Waals surface area contributed by atoms with E-state index in [0.29, 0.717) is 42.8 Å². The van der Waals surface area contributed by atoms with E-state index in [1.54, 1.807) is 36.5 Å². The SMILES string of the molecule is COc1ccc(-c2ccnc3c(C(=O)C(=O)N4CCN(C(=O)c5ccccc5)CC4)c[nH]c23)cc1. The smallest absolute Gasteiger partial charge is 0.295 e. The predicted molar refractivity (Wildman–Crippen MR) is 131 cm³/mol. The molecule has 8 nitrogen and oxygen atoms in total. The van der Waals surface area contributed by atoms with Crippen molar-refractivity contribution in [3.05, 3.63) is 84.2 Å². The van der Waals surface area contributed by atoms with Gasteiger partial charge in [-0.25, -0.2) is 0 Å². The van der Waals surface area contributed by atoms with E-state index in [-0.39, 0.29) is 11.5 Å². The summed E-state index contributed by atoms with van der Waals surface area (Å²) in [5.74, 6) is -0.527. The van der Waals surface area contributed by atoms with Crippen LogP contribution < -0.4 is 4.74 Å². The molecule has 0 radical (unpaired) electrons. The molecule has 8 heteroatoms. The van der Waals surface area contributed by atoms with Gasteiger partial charge >= 0.3 is 0 Å². The summed E-state index contributed by atoms with van der Waals surface area (Å²) < 4.78 is 5.23. The van der Waals surface area contributed by atoms with Gasteiger partial charge in [-0.15, -0.1) is 0 Å². The van der Waals surface area contributed by atoms with Crippen LogP contribution in [0.5, 0.6) is 5.75 Å². The van der Waals surface area contributed by atoms with Gasteiger partial charge in [0.2, 0.25) is 0 Å². The maximum Gasteiger partial charge on any atom is 0.295 e. The number of ether oxygens (including phenoxy) is 1. The van der Waals surface area contributed by atoms with Crippen LogP contribution in [0.15, 0.2) is 73.1 Å². The average molecular weight is 469 g/mol. The van der Waals surface area contributed by atoms with Gasteiger partial charge < -0.3 is 19.5 Å². The molecule has 0 saturated carbocycles. The number of carbonyl (C=O) groups is 3. The van der Waals surface area contributed by atoms with Crippen molar-refractivity contribution in [1.82, 2.24) is 19.8 Å². The Morgan fingerprint density at radius 1 is 0.886 bits per heavy atom. The number of fused-ring (bicyclic) bond motifs is 1. The molecule has 2 amide bonds. The average Bonchev–Trinajstić information content (AvgIpc) is 3.37. The summed E-state index contributed by atoms with van der Waals surface area (Å²) in [5.41, 5.74) is 3.80. The van der Waals surface area contributed by atoms with Crippen LogP contribution in [0.3, 0.4) is 0 Å². The Bertz CT molecular complexity index is 1390. The second kappa shape index (κ2) is 9.42. The first kappa shape index (κ1) is 22.3. The third-order valence-corrected chi connectivity index (χ3v) is 6.28. The van der Waals surface area contributed by atoms with Crippen molar-refractivity contribution in [2.24, 2.45) is 0 Å². The minimum absolute atomic E-state index is 0.0732. The van der Waals surface area contributed by atoms with E-state index in [9.17, 15) is 14.4 Å². The molecule has 4 aromatic rings. The molecular formula is C27H24N4O4. The van der Waals surface area contributed by atoms with Gasteiger partial charge in [-0.1, -0.05) is 30.3 Å². The number of ketones is 1. The number of pyridine rings is 1. The fourth-order valence-corrected chi connectivity index (χ4v) is 4.34. The molecule has 0 spiro atoms. The first-order valence-corrected chi connectivity index (χ1v) is 11.4. The summed E-state index contributed by atoms with van der Waals surface area (Å²) in [6, 6.07) is 18.5. The van der Waals surface area contributed by atoms with Crippen molar-refractivity contribution < 1.29 is 19.1 Å². The highest BCUT2D eigenvalue weighted by Gasteiger charge is 2.30. The van der Waals surface area contributed by atoms with Crippen LogP contribution in [0, 0.1) is 0 Å². The van der Waals surface area contributed by atoms with Gasteiger partial charge in [-0.05, 0) is 35.9 Å². The molecule has 3 heterocycles. The van der Waals surface area contributed by atoms with Crippen LogP contribution in [0.4, 0.5) is 0 Å². The van der Waals surface area contributed by atoms with Crippen molar-refractivity contribution in [1.29, 1.82) is 0 Å². The number of benzene rings is 2. The monoisotopic (exact) mass is 468 g/mol. The summed E-state index contributed by atoms with van der Waals surface area (Å²) in [6.45, 7) is 1.35. The van der Waals surface area contributed by atoms with Crippen molar-refractivity contribution in [3.63, 3.8) is 0 Å². The maximum atomic E-state index is 13.1. The van der Waals surface area contributed by atoms with E-state index in [2.05, 4.69) is 9.97 Å². The number of amides is 2. The van der Waals surface area contributed by atoms with Crippen molar-refractivity contribution in [3.8, 4) is 16.9 Å². The zero-order valence-electron chi connectivity index (χ0n) is 19.2. The summed E-state index contributed by atoms with van der Waals surface area (Å²) in [5, 5.41) is 0. The molecule has 1 N–H and O–H groups in total. The third kappa shape index (κ3) is 4.26. The van der Waals surface area contributed by atoms with Crippen LogP contribution in [0.1, 0.15) is 20.7 Å². The number of piperazine rings is 1. The number of rotatable bonds is 5. The van der Waals surface area contributed by atoms with Crippen molar-refractivity contribution >= 4 is 28.6 Å². The van der Waals surface area contributed by atoms with Gasteiger partial charge in [0.05, 0.1) is 23.7 Å². The molecule has 176 valence electrons. The molecule has 0 unspecified atom stereocenters. The number of H-pyrrole nitrogens is 1. The maximum absolute atomic E-state index is 13.1. The molecule has 0 atom stereocenters. The highest BCUT2D eigenvalue weighted by molar-refractivity contribution is 6.44. The Balaban J connectivity index is 1.31. The van der Waals surface area contributed by atoms with Crippen molar-refractivity contribution in [2.75, 3.05) is 33.3 Å². The first-order valence-electron chi connectivity index (χ1n) is 11.4. The van der Waals surface area contributed by atoms with Gasteiger partial charge in [0.1, 0.15) is 5.75 Å². The van der Waals surface area contributed by atoms with E-state index in [1.165, 1.54) is 4.90 Å². The molecule has 0 aliphatic carbocycles. The van der Waals surface area contributed by atoms with Crippen molar-refractivity contribution in [2.45, 2.75) is 0 Å². The Hall–Kier alpha value is -4.46.